The molecule has 0 heterocycles. The number of sulfone groups is 1. The summed E-state index contributed by atoms with van der Waals surface area (Å²) in [4.78, 5) is 0.281. The van der Waals surface area contributed by atoms with E-state index in [1.807, 2.05) is 0 Å². The lowest BCUT2D eigenvalue weighted by Crippen LogP contribution is -2.14. The number of rotatable bonds is 5. The van der Waals surface area contributed by atoms with E-state index >= 15 is 0 Å². The standard InChI is InChI=1S/C15H15ClFNO2S/c1-21(19,20)12-7-5-11(6-8-12)9-18-10-13-14(16)3-2-4-15(13)17/h2-8,18H,9-10H2,1H3. The molecule has 0 unspecified atom stereocenters. The Morgan fingerprint density at radius 2 is 1.76 bits per heavy atom. The molecule has 0 saturated heterocycles. The minimum atomic E-state index is -3.18. The van der Waals surface area contributed by atoms with Crippen LogP contribution in [-0.4, -0.2) is 14.7 Å². The third-order valence-corrected chi connectivity index (χ3v) is 4.53. The van der Waals surface area contributed by atoms with Crippen molar-refractivity contribution >= 4 is 21.4 Å². The molecule has 2 rings (SSSR count). The number of hydrogen-bond acceptors (Lipinski definition) is 3. The highest BCUT2D eigenvalue weighted by Crippen LogP contribution is 2.18. The fourth-order valence-electron chi connectivity index (χ4n) is 1.89. The first-order valence-electron chi connectivity index (χ1n) is 6.30. The topological polar surface area (TPSA) is 46.2 Å². The molecule has 1 N–H and O–H groups in total. The molecule has 0 aliphatic rings. The Morgan fingerprint density at radius 1 is 1.10 bits per heavy atom. The predicted molar refractivity (Wildman–Crippen MR) is 81.5 cm³/mol. The second-order valence-corrected chi connectivity index (χ2v) is 7.14. The molecular weight excluding hydrogens is 313 g/mol. The maximum atomic E-state index is 13.6. The maximum absolute atomic E-state index is 13.6. The van der Waals surface area contributed by atoms with Crippen LogP contribution in [0.3, 0.4) is 0 Å². The normalized spacial score (nSPS) is 11.6. The van der Waals surface area contributed by atoms with Crippen molar-refractivity contribution in [3.63, 3.8) is 0 Å². The molecule has 0 aromatic heterocycles. The van der Waals surface area contributed by atoms with Crippen molar-refractivity contribution in [2.24, 2.45) is 0 Å². The summed E-state index contributed by atoms with van der Waals surface area (Å²) in [6.45, 7) is 0.800. The largest absolute Gasteiger partial charge is 0.308 e. The van der Waals surface area contributed by atoms with E-state index in [2.05, 4.69) is 5.32 Å². The molecule has 0 aliphatic heterocycles. The van der Waals surface area contributed by atoms with Crippen LogP contribution in [0.1, 0.15) is 11.1 Å². The number of hydrogen-bond donors (Lipinski definition) is 1. The Balaban J connectivity index is 1.98. The van der Waals surface area contributed by atoms with Crippen LogP contribution < -0.4 is 5.32 Å². The van der Waals surface area contributed by atoms with Gasteiger partial charge in [0, 0.05) is 29.9 Å². The molecule has 0 fully saturated rings. The monoisotopic (exact) mass is 327 g/mol. The van der Waals surface area contributed by atoms with Gasteiger partial charge in [0.15, 0.2) is 9.84 Å². The molecular formula is C15H15ClFNO2S. The van der Waals surface area contributed by atoms with Crippen molar-refractivity contribution in [1.29, 1.82) is 0 Å². The van der Waals surface area contributed by atoms with E-state index in [0.29, 0.717) is 23.7 Å². The minimum Gasteiger partial charge on any atom is -0.308 e. The van der Waals surface area contributed by atoms with E-state index in [9.17, 15) is 12.8 Å². The average molecular weight is 328 g/mol. The van der Waals surface area contributed by atoms with Gasteiger partial charge >= 0.3 is 0 Å². The fraction of sp³-hybridized carbons (Fsp3) is 0.200. The maximum Gasteiger partial charge on any atom is 0.175 e. The Hall–Kier alpha value is -1.43. The number of benzene rings is 2. The van der Waals surface area contributed by atoms with E-state index in [0.717, 1.165) is 5.56 Å². The summed E-state index contributed by atoms with van der Waals surface area (Å²) in [7, 11) is -3.18. The molecule has 3 nitrogen and oxygen atoms in total. The lowest BCUT2D eigenvalue weighted by atomic mass is 10.2. The zero-order chi connectivity index (χ0) is 15.5. The Morgan fingerprint density at radius 3 is 2.33 bits per heavy atom. The van der Waals surface area contributed by atoms with Crippen LogP contribution in [-0.2, 0) is 22.9 Å². The summed E-state index contributed by atoms with van der Waals surface area (Å²) >= 11 is 5.94. The zero-order valence-electron chi connectivity index (χ0n) is 11.4. The number of halogens is 2. The minimum absolute atomic E-state index is 0.281. The quantitative estimate of drug-likeness (QED) is 0.917. The molecule has 0 aliphatic carbocycles. The molecule has 2 aromatic carbocycles. The molecule has 2 aromatic rings. The molecule has 0 saturated carbocycles. The van der Waals surface area contributed by atoms with E-state index in [1.54, 1.807) is 36.4 Å². The van der Waals surface area contributed by atoms with E-state index in [4.69, 9.17) is 11.6 Å². The summed E-state index contributed by atoms with van der Waals surface area (Å²) in [6, 6.07) is 11.1. The van der Waals surface area contributed by atoms with Crippen molar-refractivity contribution in [3.8, 4) is 0 Å². The van der Waals surface area contributed by atoms with Crippen LogP contribution in [0.5, 0.6) is 0 Å². The molecule has 0 atom stereocenters. The van der Waals surface area contributed by atoms with Crippen LogP contribution in [0.2, 0.25) is 5.02 Å². The molecule has 21 heavy (non-hydrogen) atoms. The smallest absolute Gasteiger partial charge is 0.175 e. The number of nitrogens with one attached hydrogen (secondary N) is 1. The van der Waals surface area contributed by atoms with Gasteiger partial charge < -0.3 is 5.32 Å². The van der Waals surface area contributed by atoms with Crippen molar-refractivity contribution in [2.75, 3.05) is 6.26 Å². The van der Waals surface area contributed by atoms with Gasteiger partial charge in [0.2, 0.25) is 0 Å². The summed E-state index contributed by atoms with van der Waals surface area (Å²) in [6.07, 6.45) is 1.17. The predicted octanol–water partition coefficient (Wildman–Crippen LogP) is 3.17. The van der Waals surface area contributed by atoms with Crippen LogP contribution >= 0.6 is 11.6 Å². The zero-order valence-corrected chi connectivity index (χ0v) is 13.0. The highest BCUT2D eigenvalue weighted by Gasteiger charge is 2.07. The fourth-order valence-corrected chi connectivity index (χ4v) is 2.75. The van der Waals surface area contributed by atoms with Crippen LogP contribution in [0, 0.1) is 5.82 Å². The lowest BCUT2D eigenvalue weighted by Gasteiger charge is -2.08. The second-order valence-electron chi connectivity index (χ2n) is 4.72. The van der Waals surface area contributed by atoms with E-state index < -0.39 is 9.84 Å². The van der Waals surface area contributed by atoms with E-state index in [-0.39, 0.29) is 10.7 Å². The first-order valence-corrected chi connectivity index (χ1v) is 8.57. The van der Waals surface area contributed by atoms with Gasteiger partial charge in [-0.3, -0.25) is 0 Å². The van der Waals surface area contributed by atoms with Gasteiger partial charge in [-0.15, -0.1) is 0 Å². The summed E-state index contributed by atoms with van der Waals surface area (Å²) in [5.74, 6) is -0.345. The summed E-state index contributed by atoms with van der Waals surface area (Å²) in [5.41, 5.74) is 1.33. The van der Waals surface area contributed by atoms with Crippen molar-refractivity contribution in [2.45, 2.75) is 18.0 Å². The van der Waals surface area contributed by atoms with Crippen molar-refractivity contribution < 1.29 is 12.8 Å². The van der Waals surface area contributed by atoms with Gasteiger partial charge in [0.1, 0.15) is 5.82 Å². The Bertz CT molecular complexity index is 710. The molecule has 0 radical (unpaired) electrons. The highest BCUT2D eigenvalue weighted by atomic mass is 35.5. The Kier molecular flexibility index (Phi) is 4.98. The van der Waals surface area contributed by atoms with E-state index in [1.165, 1.54) is 12.3 Å². The van der Waals surface area contributed by atoms with Gasteiger partial charge in [-0.1, -0.05) is 29.8 Å². The molecule has 6 heteroatoms. The average Bonchev–Trinajstić information content (AvgIpc) is 2.42. The summed E-state index contributed by atoms with van der Waals surface area (Å²) in [5, 5.41) is 3.47. The second kappa shape index (κ2) is 6.56. The molecule has 0 amide bonds. The lowest BCUT2D eigenvalue weighted by molar-refractivity contribution is 0.588. The van der Waals surface area contributed by atoms with Crippen LogP contribution in [0.25, 0.3) is 0 Å². The highest BCUT2D eigenvalue weighted by molar-refractivity contribution is 7.90. The van der Waals surface area contributed by atoms with Gasteiger partial charge in [-0.05, 0) is 29.8 Å². The summed E-state index contributed by atoms with van der Waals surface area (Å²) < 4.78 is 36.3. The third-order valence-electron chi connectivity index (χ3n) is 3.04. The first kappa shape index (κ1) is 15.9. The van der Waals surface area contributed by atoms with Crippen molar-refractivity contribution in [3.05, 3.63) is 64.4 Å². The van der Waals surface area contributed by atoms with Gasteiger partial charge in [0.25, 0.3) is 0 Å². The van der Waals surface area contributed by atoms with Crippen molar-refractivity contribution in [1.82, 2.24) is 5.32 Å². The Labute approximate surface area is 128 Å². The first-order chi connectivity index (χ1) is 9.88. The van der Waals surface area contributed by atoms with Gasteiger partial charge in [-0.25, -0.2) is 12.8 Å². The molecule has 0 spiro atoms. The molecule has 112 valence electrons. The van der Waals surface area contributed by atoms with Crippen LogP contribution in [0.4, 0.5) is 4.39 Å². The molecule has 0 bridgehead atoms. The van der Waals surface area contributed by atoms with Gasteiger partial charge in [0.05, 0.1) is 4.90 Å². The third kappa shape index (κ3) is 4.27. The van der Waals surface area contributed by atoms with Gasteiger partial charge in [-0.2, -0.15) is 0 Å². The SMILES string of the molecule is CS(=O)(=O)c1ccc(CNCc2c(F)cccc2Cl)cc1. The van der Waals surface area contributed by atoms with Crippen LogP contribution in [0.15, 0.2) is 47.4 Å².